The van der Waals surface area contributed by atoms with Crippen molar-refractivity contribution in [3.63, 3.8) is 0 Å². The Balaban J connectivity index is 1.33. The van der Waals surface area contributed by atoms with Crippen LogP contribution < -0.4 is 0 Å². The van der Waals surface area contributed by atoms with E-state index in [2.05, 4.69) is 50.5 Å². The molecule has 0 aliphatic heterocycles. The van der Waals surface area contributed by atoms with Crippen molar-refractivity contribution in [1.82, 2.24) is 9.97 Å². The van der Waals surface area contributed by atoms with Crippen molar-refractivity contribution in [3.8, 4) is 0 Å². The minimum absolute atomic E-state index is 0.584. The Bertz CT molecular complexity index is 757. The van der Waals surface area contributed by atoms with E-state index in [1.807, 2.05) is 0 Å². The Morgan fingerprint density at radius 1 is 0.588 bits per heavy atom. The zero-order chi connectivity index (χ0) is 23.8. The lowest BCUT2D eigenvalue weighted by Crippen LogP contribution is -2.15. The number of rotatable bonds is 16. The molecule has 1 aliphatic carbocycles. The Morgan fingerprint density at radius 3 is 1.76 bits per heavy atom. The Morgan fingerprint density at radius 2 is 1.12 bits per heavy atom. The molecular formula is C32H50N2. The van der Waals surface area contributed by atoms with Crippen LogP contribution in [-0.4, -0.2) is 9.97 Å². The van der Waals surface area contributed by atoms with Crippen molar-refractivity contribution in [2.75, 3.05) is 0 Å². The first-order valence-electron chi connectivity index (χ1n) is 14.7. The fraction of sp³-hybridized carbons (Fsp3) is 0.688. The number of benzene rings is 1. The van der Waals surface area contributed by atoms with Gasteiger partial charge in [0.2, 0.25) is 0 Å². The van der Waals surface area contributed by atoms with Gasteiger partial charge in [-0.15, -0.1) is 0 Å². The van der Waals surface area contributed by atoms with Gasteiger partial charge in [0.15, 0.2) is 0 Å². The predicted octanol–water partition coefficient (Wildman–Crippen LogP) is 9.41. The van der Waals surface area contributed by atoms with Gasteiger partial charge in [0.1, 0.15) is 5.82 Å². The Hall–Kier alpha value is -1.70. The zero-order valence-corrected chi connectivity index (χ0v) is 22.2. The van der Waals surface area contributed by atoms with Gasteiger partial charge in [0.05, 0.1) is 0 Å². The van der Waals surface area contributed by atoms with Crippen LogP contribution in [0.5, 0.6) is 0 Å². The van der Waals surface area contributed by atoms with Crippen molar-refractivity contribution in [1.29, 1.82) is 0 Å². The molecule has 2 nitrogen and oxygen atoms in total. The first-order chi connectivity index (χ1) is 16.8. The first-order valence-corrected chi connectivity index (χ1v) is 14.7. The van der Waals surface area contributed by atoms with E-state index in [0.29, 0.717) is 5.92 Å². The number of nitrogens with zero attached hydrogens (tertiary/aromatic N) is 2. The van der Waals surface area contributed by atoms with Crippen molar-refractivity contribution >= 4 is 0 Å². The molecule has 0 saturated heterocycles. The van der Waals surface area contributed by atoms with Gasteiger partial charge in [-0.3, -0.25) is 0 Å². The van der Waals surface area contributed by atoms with Gasteiger partial charge in [-0.25, -0.2) is 9.97 Å². The average Bonchev–Trinajstić information content (AvgIpc) is 2.88. The van der Waals surface area contributed by atoms with E-state index in [1.165, 1.54) is 119 Å². The lowest BCUT2D eigenvalue weighted by atomic mass is 9.79. The molecule has 0 N–H and O–H groups in total. The molecule has 0 atom stereocenters. The summed E-state index contributed by atoms with van der Waals surface area (Å²) in [7, 11) is 0. The van der Waals surface area contributed by atoms with Gasteiger partial charge in [-0.1, -0.05) is 102 Å². The third kappa shape index (κ3) is 9.88. The summed E-state index contributed by atoms with van der Waals surface area (Å²) in [6.07, 6.45) is 28.1. The molecule has 0 amide bonds. The van der Waals surface area contributed by atoms with E-state index in [0.717, 1.165) is 24.6 Å². The molecule has 1 fully saturated rings. The number of unbranched alkanes of at least 4 members (excludes halogenated alkanes) is 8. The molecule has 0 radical (unpaired) electrons. The van der Waals surface area contributed by atoms with Gasteiger partial charge in [0, 0.05) is 18.3 Å². The van der Waals surface area contributed by atoms with Gasteiger partial charge >= 0.3 is 0 Å². The summed E-state index contributed by atoms with van der Waals surface area (Å²) >= 11 is 0. The van der Waals surface area contributed by atoms with Crippen LogP contribution in [0.4, 0.5) is 0 Å². The molecule has 1 aliphatic rings. The van der Waals surface area contributed by atoms with Gasteiger partial charge < -0.3 is 0 Å². The van der Waals surface area contributed by atoms with E-state index >= 15 is 0 Å². The average molecular weight is 463 g/mol. The summed E-state index contributed by atoms with van der Waals surface area (Å²) in [5.74, 6) is 2.62. The van der Waals surface area contributed by atoms with Crippen molar-refractivity contribution < 1.29 is 0 Å². The summed E-state index contributed by atoms with van der Waals surface area (Å²) in [5, 5.41) is 0. The number of hydrogen-bond donors (Lipinski definition) is 0. The fourth-order valence-electron chi connectivity index (χ4n) is 5.54. The van der Waals surface area contributed by atoms with Gasteiger partial charge in [0.25, 0.3) is 0 Å². The molecule has 188 valence electrons. The normalized spacial score (nSPS) is 18.3. The second kappa shape index (κ2) is 16.1. The predicted molar refractivity (Wildman–Crippen MR) is 146 cm³/mol. The second-order valence-corrected chi connectivity index (χ2v) is 10.9. The molecule has 1 aromatic carbocycles. The highest BCUT2D eigenvalue weighted by Gasteiger charge is 2.23. The topological polar surface area (TPSA) is 25.8 Å². The largest absolute Gasteiger partial charge is 0.241 e. The molecule has 0 bridgehead atoms. The number of aryl methyl sites for hydroxylation is 3. The van der Waals surface area contributed by atoms with Crippen LogP contribution >= 0.6 is 0 Å². The first kappa shape index (κ1) is 26.9. The summed E-state index contributed by atoms with van der Waals surface area (Å²) in [6.45, 7) is 4.58. The molecule has 1 aromatic heterocycles. The standard InChI is InChI=1S/C32H50N2/c1-3-5-7-8-9-10-12-14-27-15-17-29(18-16-27)19-20-30-25-33-32(34-26-30)31-23-21-28(22-24-31)13-11-6-4-2/h15-18,25-26,28,31H,3-14,19-24H2,1-2H3/t28-,31-. The minimum Gasteiger partial charge on any atom is -0.241 e. The molecule has 3 rings (SSSR count). The number of aromatic nitrogens is 2. The number of hydrogen-bond acceptors (Lipinski definition) is 2. The minimum atomic E-state index is 0.584. The third-order valence-electron chi connectivity index (χ3n) is 7.95. The lowest BCUT2D eigenvalue weighted by Gasteiger charge is -2.27. The molecule has 2 heteroatoms. The van der Waals surface area contributed by atoms with Crippen LogP contribution in [0.2, 0.25) is 0 Å². The maximum Gasteiger partial charge on any atom is 0.131 e. The summed E-state index contributed by atoms with van der Waals surface area (Å²) < 4.78 is 0. The van der Waals surface area contributed by atoms with E-state index in [1.54, 1.807) is 0 Å². The Labute approximate surface area is 210 Å². The molecular weight excluding hydrogens is 412 g/mol. The van der Waals surface area contributed by atoms with Crippen molar-refractivity contribution in [2.24, 2.45) is 5.92 Å². The quantitative estimate of drug-likeness (QED) is 0.232. The fourth-order valence-corrected chi connectivity index (χ4v) is 5.54. The summed E-state index contributed by atoms with van der Waals surface area (Å²) in [4.78, 5) is 9.57. The van der Waals surface area contributed by atoms with Crippen LogP contribution in [-0.2, 0) is 19.3 Å². The monoisotopic (exact) mass is 462 g/mol. The van der Waals surface area contributed by atoms with Gasteiger partial charge in [-0.2, -0.15) is 0 Å². The Kier molecular flexibility index (Phi) is 12.7. The van der Waals surface area contributed by atoms with E-state index in [9.17, 15) is 0 Å². The van der Waals surface area contributed by atoms with Crippen LogP contribution in [0.25, 0.3) is 0 Å². The smallest absolute Gasteiger partial charge is 0.131 e. The van der Waals surface area contributed by atoms with Crippen molar-refractivity contribution in [2.45, 2.75) is 135 Å². The van der Waals surface area contributed by atoms with E-state index < -0.39 is 0 Å². The maximum absolute atomic E-state index is 4.78. The molecule has 34 heavy (non-hydrogen) atoms. The van der Waals surface area contributed by atoms with Gasteiger partial charge in [-0.05, 0) is 74.0 Å². The van der Waals surface area contributed by atoms with Crippen LogP contribution in [0, 0.1) is 5.92 Å². The molecule has 0 unspecified atom stereocenters. The van der Waals surface area contributed by atoms with Crippen molar-refractivity contribution in [3.05, 3.63) is 59.2 Å². The molecule has 2 aromatic rings. The van der Waals surface area contributed by atoms with Crippen LogP contribution in [0.1, 0.15) is 139 Å². The van der Waals surface area contributed by atoms with Crippen LogP contribution in [0.3, 0.4) is 0 Å². The molecule has 1 heterocycles. The molecule has 1 saturated carbocycles. The summed E-state index contributed by atoms with van der Waals surface area (Å²) in [5.41, 5.74) is 4.18. The van der Waals surface area contributed by atoms with Crippen LogP contribution in [0.15, 0.2) is 36.7 Å². The third-order valence-corrected chi connectivity index (χ3v) is 7.95. The van der Waals surface area contributed by atoms with E-state index in [-0.39, 0.29) is 0 Å². The highest BCUT2D eigenvalue weighted by molar-refractivity contribution is 5.24. The SMILES string of the molecule is CCCCCCCCCc1ccc(CCc2cnc([C@H]3CC[C@H](CCCCC)CC3)nc2)cc1. The highest BCUT2D eigenvalue weighted by atomic mass is 14.9. The highest BCUT2D eigenvalue weighted by Crippen LogP contribution is 2.36. The lowest BCUT2D eigenvalue weighted by molar-refractivity contribution is 0.297. The molecule has 0 spiro atoms. The summed E-state index contributed by atoms with van der Waals surface area (Å²) in [6, 6.07) is 9.32. The zero-order valence-electron chi connectivity index (χ0n) is 22.2. The maximum atomic E-state index is 4.78. The van der Waals surface area contributed by atoms with E-state index in [4.69, 9.17) is 9.97 Å². The second-order valence-electron chi connectivity index (χ2n) is 10.9.